The van der Waals surface area contributed by atoms with Crippen LogP contribution in [-0.4, -0.2) is 30.1 Å². The Morgan fingerprint density at radius 1 is 1.33 bits per heavy atom. The van der Waals surface area contributed by atoms with Crippen LogP contribution in [-0.2, 0) is 6.54 Å². The van der Waals surface area contributed by atoms with Crippen LogP contribution in [0.25, 0.3) is 0 Å². The number of nitrogens with zero attached hydrogens (tertiary/aromatic N) is 1. The molecule has 1 aromatic carbocycles. The second kappa shape index (κ2) is 6.30. The van der Waals surface area contributed by atoms with Gasteiger partial charge in [0.25, 0.3) is 0 Å². The zero-order chi connectivity index (χ0) is 13.0. The molecule has 0 amide bonds. The lowest BCUT2D eigenvalue weighted by molar-refractivity contribution is 0.194. The molecular weight excluding hydrogens is 227 g/mol. The summed E-state index contributed by atoms with van der Waals surface area (Å²) in [4.78, 5) is 2.50. The van der Waals surface area contributed by atoms with Crippen LogP contribution in [0.4, 0.5) is 4.39 Å². The molecule has 1 heterocycles. The van der Waals surface area contributed by atoms with Crippen molar-refractivity contribution in [2.75, 3.05) is 13.1 Å². The second-order valence-electron chi connectivity index (χ2n) is 5.25. The van der Waals surface area contributed by atoms with Gasteiger partial charge in [0.2, 0.25) is 0 Å². The molecular formula is C15H23FN2. The Hall–Kier alpha value is -0.930. The standard InChI is InChI=1S/C15H23FN2/c1-3-15-11-18(12(2)8-9-17-15)10-13-4-6-14(16)7-5-13/h4-7,12,15,17H,3,8-11H2,1-2H3. The van der Waals surface area contributed by atoms with Crippen LogP contribution < -0.4 is 5.32 Å². The Kier molecular flexibility index (Phi) is 4.72. The van der Waals surface area contributed by atoms with E-state index < -0.39 is 0 Å². The number of rotatable bonds is 3. The van der Waals surface area contributed by atoms with Crippen LogP contribution in [0.5, 0.6) is 0 Å². The Labute approximate surface area is 109 Å². The van der Waals surface area contributed by atoms with E-state index in [1.807, 2.05) is 12.1 Å². The van der Waals surface area contributed by atoms with Gasteiger partial charge < -0.3 is 5.32 Å². The molecule has 0 spiro atoms. The average Bonchev–Trinajstić information content (AvgIpc) is 2.55. The molecule has 0 aliphatic carbocycles. The highest BCUT2D eigenvalue weighted by Gasteiger charge is 2.21. The summed E-state index contributed by atoms with van der Waals surface area (Å²) in [5, 5.41) is 3.58. The molecule has 1 saturated heterocycles. The number of hydrogen-bond donors (Lipinski definition) is 1. The molecule has 0 aromatic heterocycles. The zero-order valence-corrected chi connectivity index (χ0v) is 11.3. The maximum Gasteiger partial charge on any atom is 0.123 e. The third-order valence-corrected chi connectivity index (χ3v) is 3.87. The second-order valence-corrected chi connectivity index (χ2v) is 5.25. The van der Waals surface area contributed by atoms with Crippen molar-refractivity contribution in [2.24, 2.45) is 0 Å². The third-order valence-electron chi connectivity index (χ3n) is 3.87. The van der Waals surface area contributed by atoms with E-state index >= 15 is 0 Å². The van der Waals surface area contributed by atoms with E-state index in [4.69, 9.17) is 0 Å². The van der Waals surface area contributed by atoms with Crippen LogP contribution in [0.3, 0.4) is 0 Å². The van der Waals surface area contributed by atoms with E-state index in [1.54, 1.807) is 12.1 Å². The maximum absolute atomic E-state index is 12.9. The fraction of sp³-hybridized carbons (Fsp3) is 0.600. The van der Waals surface area contributed by atoms with Gasteiger partial charge in [-0.3, -0.25) is 4.90 Å². The van der Waals surface area contributed by atoms with Gasteiger partial charge >= 0.3 is 0 Å². The van der Waals surface area contributed by atoms with E-state index in [1.165, 1.54) is 12.0 Å². The Bertz CT molecular complexity index is 363. The summed E-state index contributed by atoms with van der Waals surface area (Å²) in [5.74, 6) is -0.157. The van der Waals surface area contributed by atoms with Gasteiger partial charge in [-0.1, -0.05) is 19.1 Å². The first kappa shape index (κ1) is 13.5. The highest BCUT2D eigenvalue weighted by atomic mass is 19.1. The lowest BCUT2D eigenvalue weighted by Crippen LogP contribution is -2.39. The maximum atomic E-state index is 12.9. The smallest absolute Gasteiger partial charge is 0.123 e. The molecule has 1 aliphatic rings. The summed E-state index contributed by atoms with van der Waals surface area (Å²) in [6.45, 7) is 7.60. The van der Waals surface area contributed by atoms with Crippen LogP contribution in [0.15, 0.2) is 24.3 Å². The molecule has 1 fully saturated rings. The topological polar surface area (TPSA) is 15.3 Å². The van der Waals surface area contributed by atoms with Gasteiger partial charge in [-0.05, 0) is 44.0 Å². The van der Waals surface area contributed by atoms with Crippen molar-refractivity contribution in [1.29, 1.82) is 0 Å². The van der Waals surface area contributed by atoms with Crippen LogP contribution in [0.1, 0.15) is 32.3 Å². The van der Waals surface area contributed by atoms with Crippen LogP contribution in [0, 0.1) is 5.82 Å². The predicted octanol–water partition coefficient (Wildman–Crippen LogP) is 2.79. The first-order chi connectivity index (χ1) is 8.69. The summed E-state index contributed by atoms with van der Waals surface area (Å²) in [5.41, 5.74) is 1.19. The third kappa shape index (κ3) is 3.53. The van der Waals surface area contributed by atoms with Crippen molar-refractivity contribution in [3.05, 3.63) is 35.6 Å². The van der Waals surface area contributed by atoms with Crippen LogP contribution >= 0.6 is 0 Å². The molecule has 1 aromatic rings. The van der Waals surface area contributed by atoms with Gasteiger partial charge in [-0.2, -0.15) is 0 Å². The molecule has 2 rings (SSSR count). The molecule has 2 nitrogen and oxygen atoms in total. The normalized spacial score (nSPS) is 25.9. The van der Waals surface area contributed by atoms with E-state index in [2.05, 4.69) is 24.1 Å². The molecule has 2 atom stereocenters. The molecule has 18 heavy (non-hydrogen) atoms. The Morgan fingerprint density at radius 2 is 2.06 bits per heavy atom. The summed E-state index contributed by atoms with van der Waals surface area (Å²) >= 11 is 0. The predicted molar refractivity (Wildman–Crippen MR) is 73.0 cm³/mol. The minimum Gasteiger partial charge on any atom is -0.313 e. The summed E-state index contributed by atoms with van der Waals surface area (Å²) in [6, 6.07) is 8.04. The molecule has 3 heteroatoms. The highest BCUT2D eigenvalue weighted by Crippen LogP contribution is 2.15. The van der Waals surface area contributed by atoms with Gasteiger partial charge in [0.15, 0.2) is 0 Å². The minimum absolute atomic E-state index is 0.157. The first-order valence-corrected chi connectivity index (χ1v) is 6.91. The summed E-state index contributed by atoms with van der Waals surface area (Å²) < 4.78 is 12.9. The Balaban J connectivity index is 2.02. The number of nitrogens with one attached hydrogen (secondary N) is 1. The van der Waals surface area contributed by atoms with E-state index in [0.29, 0.717) is 12.1 Å². The number of benzene rings is 1. The summed E-state index contributed by atoms with van der Waals surface area (Å²) in [7, 11) is 0. The fourth-order valence-corrected chi connectivity index (χ4v) is 2.52. The van der Waals surface area contributed by atoms with Crippen molar-refractivity contribution >= 4 is 0 Å². The van der Waals surface area contributed by atoms with Gasteiger partial charge in [-0.15, -0.1) is 0 Å². The van der Waals surface area contributed by atoms with Gasteiger partial charge in [0.1, 0.15) is 5.82 Å². The number of hydrogen-bond acceptors (Lipinski definition) is 2. The minimum atomic E-state index is -0.157. The van der Waals surface area contributed by atoms with Gasteiger partial charge in [0.05, 0.1) is 0 Å². The Morgan fingerprint density at radius 3 is 2.72 bits per heavy atom. The van der Waals surface area contributed by atoms with Crippen molar-refractivity contribution in [2.45, 2.75) is 45.3 Å². The highest BCUT2D eigenvalue weighted by molar-refractivity contribution is 5.16. The van der Waals surface area contributed by atoms with Crippen molar-refractivity contribution < 1.29 is 4.39 Å². The van der Waals surface area contributed by atoms with E-state index in [0.717, 1.165) is 26.1 Å². The SMILES string of the molecule is CCC1CN(Cc2ccc(F)cc2)C(C)CCN1. The van der Waals surface area contributed by atoms with Gasteiger partial charge in [-0.25, -0.2) is 4.39 Å². The van der Waals surface area contributed by atoms with E-state index in [9.17, 15) is 4.39 Å². The average molecular weight is 250 g/mol. The summed E-state index contributed by atoms with van der Waals surface area (Å²) in [6.07, 6.45) is 2.34. The largest absolute Gasteiger partial charge is 0.313 e. The first-order valence-electron chi connectivity index (χ1n) is 6.91. The van der Waals surface area contributed by atoms with Crippen LogP contribution in [0.2, 0.25) is 0 Å². The fourth-order valence-electron chi connectivity index (χ4n) is 2.52. The van der Waals surface area contributed by atoms with Crippen molar-refractivity contribution in [3.8, 4) is 0 Å². The monoisotopic (exact) mass is 250 g/mol. The molecule has 1 N–H and O–H groups in total. The molecule has 100 valence electrons. The number of halogens is 1. The molecule has 1 aliphatic heterocycles. The molecule has 0 radical (unpaired) electrons. The molecule has 0 saturated carbocycles. The van der Waals surface area contributed by atoms with Crippen molar-refractivity contribution in [1.82, 2.24) is 10.2 Å². The zero-order valence-electron chi connectivity index (χ0n) is 11.3. The molecule has 0 bridgehead atoms. The molecule has 2 unspecified atom stereocenters. The van der Waals surface area contributed by atoms with Crippen molar-refractivity contribution in [3.63, 3.8) is 0 Å². The quantitative estimate of drug-likeness (QED) is 0.887. The van der Waals surface area contributed by atoms with E-state index in [-0.39, 0.29) is 5.82 Å². The lowest BCUT2D eigenvalue weighted by atomic mass is 10.1. The van der Waals surface area contributed by atoms with Gasteiger partial charge in [0, 0.05) is 25.2 Å². The lowest BCUT2D eigenvalue weighted by Gasteiger charge is -2.28.